The number of hydrogen-bond donors (Lipinski definition) is 1. The van der Waals surface area contributed by atoms with Gasteiger partial charge in [0.15, 0.2) is 11.0 Å². The van der Waals surface area contributed by atoms with Crippen LogP contribution in [0.15, 0.2) is 40.9 Å². The Balaban J connectivity index is 1.66. The van der Waals surface area contributed by atoms with E-state index in [0.717, 1.165) is 28.4 Å². The molecule has 28 heavy (non-hydrogen) atoms. The summed E-state index contributed by atoms with van der Waals surface area (Å²) in [6.45, 7) is 4.60. The van der Waals surface area contributed by atoms with Gasteiger partial charge in [0.05, 0.1) is 11.3 Å². The van der Waals surface area contributed by atoms with E-state index in [1.54, 1.807) is 11.3 Å². The van der Waals surface area contributed by atoms with E-state index in [0.29, 0.717) is 11.7 Å². The van der Waals surface area contributed by atoms with Crippen LogP contribution in [0.3, 0.4) is 0 Å². The molecular weight excluding hydrogens is 409 g/mol. The van der Waals surface area contributed by atoms with Crippen LogP contribution in [0.25, 0.3) is 11.4 Å². The van der Waals surface area contributed by atoms with Gasteiger partial charge in [-0.05, 0) is 38.1 Å². The smallest absolute Gasteiger partial charge is 0.325 e. The molecule has 0 unspecified atom stereocenters. The predicted octanol–water partition coefficient (Wildman–Crippen LogP) is 5.08. The molecule has 3 aromatic rings. The van der Waals surface area contributed by atoms with Gasteiger partial charge >= 0.3 is 6.18 Å². The molecule has 0 saturated carbocycles. The van der Waals surface area contributed by atoms with Crippen molar-refractivity contribution in [1.29, 1.82) is 0 Å². The SMILES string of the molecule is CCn1c(SCC(=O)Nc2cccc(C(F)(F)F)c2)nnc1-c1csc(C)c1. The first kappa shape index (κ1) is 20.4. The van der Waals surface area contributed by atoms with Crippen molar-refractivity contribution in [3.05, 3.63) is 46.2 Å². The second kappa shape index (κ2) is 8.36. The van der Waals surface area contributed by atoms with Gasteiger partial charge in [-0.2, -0.15) is 13.2 Å². The highest BCUT2D eigenvalue weighted by molar-refractivity contribution is 7.99. The fraction of sp³-hybridized carbons (Fsp3) is 0.278. The van der Waals surface area contributed by atoms with Crippen LogP contribution in [-0.2, 0) is 17.5 Å². The second-order valence-corrected chi connectivity index (χ2v) is 7.97. The van der Waals surface area contributed by atoms with Gasteiger partial charge in [-0.25, -0.2) is 0 Å². The minimum Gasteiger partial charge on any atom is -0.325 e. The summed E-state index contributed by atoms with van der Waals surface area (Å²) >= 11 is 2.81. The van der Waals surface area contributed by atoms with E-state index >= 15 is 0 Å². The van der Waals surface area contributed by atoms with Crippen molar-refractivity contribution in [3.8, 4) is 11.4 Å². The molecule has 0 saturated heterocycles. The van der Waals surface area contributed by atoms with Gasteiger partial charge in [0.1, 0.15) is 0 Å². The van der Waals surface area contributed by atoms with Crippen molar-refractivity contribution in [1.82, 2.24) is 14.8 Å². The Morgan fingerprint density at radius 2 is 2.07 bits per heavy atom. The number of halogens is 3. The van der Waals surface area contributed by atoms with Crippen LogP contribution in [0.1, 0.15) is 17.4 Å². The third kappa shape index (κ3) is 4.74. The number of nitrogens with one attached hydrogen (secondary N) is 1. The van der Waals surface area contributed by atoms with Crippen LogP contribution < -0.4 is 5.32 Å². The zero-order valence-electron chi connectivity index (χ0n) is 15.1. The van der Waals surface area contributed by atoms with Gasteiger partial charge in [-0.15, -0.1) is 21.5 Å². The van der Waals surface area contributed by atoms with Crippen LogP contribution in [0.2, 0.25) is 0 Å². The van der Waals surface area contributed by atoms with Crippen molar-refractivity contribution in [2.45, 2.75) is 31.7 Å². The number of anilines is 1. The van der Waals surface area contributed by atoms with E-state index in [1.165, 1.54) is 23.9 Å². The molecule has 0 aliphatic carbocycles. The quantitative estimate of drug-likeness (QED) is 0.558. The number of carbonyl (C=O) groups excluding carboxylic acids is 1. The molecule has 0 bridgehead atoms. The summed E-state index contributed by atoms with van der Waals surface area (Å²) < 4.78 is 40.2. The standard InChI is InChI=1S/C18H17F3N4OS2/c1-3-25-16(12-7-11(2)27-9-12)23-24-17(25)28-10-15(26)22-14-6-4-5-13(8-14)18(19,20)21/h4-9H,3,10H2,1-2H3,(H,22,26). The van der Waals surface area contributed by atoms with E-state index in [9.17, 15) is 18.0 Å². The van der Waals surface area contributed by atoms with Crippen molar-refractivity contribution in [3.63, 3.8) is 0 Å². The van der Waals surface area contributed by atoms with E-state index in [1.807, 2.05) is 29.9 Å². The Morgan fingerprint density at radius 3 is 2.71 bits per heavy atom. The van der Waals surface area contributed by atoms with Gasteiger partial charge in [-0.3, -0.25) is 4.79 Å². The number of aromatic nitrogens is 3. The lowest BCUT2D eigenvalue weighted by molar-refractivity contribution is -0.137. The van der Waals surface area contributed by atoms with Gasteiger partial charge in [0, 0.05) is 28.1 Å². The number of thioether (sulfide) groups is 1. The molecule has 0 atom stereocenters. The minimum absolute atomic E-state index is 0.0110. The second-order valence-electron chi connectivity index (χ2n) is 5.91. The number of amides is 1. The molecule has 1 aromatic carbocycles. The Hall–Kier alpha value is -2.33. The molecule has 148 valence electrons. The Morgan fingerprint density at radius 1 is 1.29 bits per heavy atom. The molecule has 0 spiro atoms. The Bertz CT molecular complexity index is 981. The normalized spacial score (nSPS) is 11.6. The summed E-state index contributed by atoms with van der Waals surface area (Å²) in [6.07, 6.45) is -4.45. The number of hydrogen-bond acceptors (Lipinski definition) is 5. The predicted molar refractivity (Wildman–Crippen MR) is 105 cm³/mol. The lowest BCUT2D eigenvalue weighted by Gasteiger charge is -2.10. The first-order chi connectivity index (χ1) is 13.3. The molecule has 2 heterocycles. The molecule has 5 nitrogen and oxygen atoms in total. The van der Waals surface area contributed by atoms with E-state index in [-0.39, 0.29) is 11.4 Å². The molecule has 1 N–H and O–H groups in total. The number of benzene rings is 1. The first-order valence-corrected chi connectivity index (χ1v) is 10.2. The molecule has 0 radical (unpaired) electrons. The Kier molecular flexibility index (Phi) is 6.09. The van der Waals surface area contributed by atoms with Crippen LogP contribution >= 0.6 is 23.1 Å². The van der Waals surface area contributed by atoms with Crippen molar-refractivity contribution < 1.29 is 18.0 Å². The summed E-state index contributed by atoms with van der Waals surface area (Å²) in [5, 5.41) is 13.4. The van der Waals surface area contributed by atoms with Crippen LogP contribution in [-0.4, -0.2) is 26.4 Å². The minimum atomic E-state index is -4.45. The van der Waals surface area contributed by atoms with Gasteiger partial charge in [0.25, 0.3) is 0 Å². The first-order valence-electron chi connectivity index (χ1n) is 8.36. The third-order valence-corrected chi connectivity index (χ3v) is 5.66. The van der Waals surface area contributed by atoms with Crippen molar-refractivity contribution in [2.24, 2.45) is 0 Å². The molecule has 0 aliphatic rings. The molecule has 0 aliphatic heterocycles. The maximum Gasteiger partial charge on any atom is 0.416 e. The number of aryl methyl sites for hydroxylation is 1. The van der Waals surface area contributed by atoms with Gasteiger partial charge in [-0.1, -0.05) is 17.8 Å². The number of nitrogens with zero attached hydrogens (tertiary/aromatic N) is 3. The molecule has 10 heteroatoms. The summed E-state index contributed by atoms with van der Waals surface area (Å²) in [5.41, 5.74) is 0.267. The molecule has 2 aromatic heterocycles. The number of thiophene rings is 1. The summed E-state index contributed by atoms with van der Waals surface area (Å²) in [4.78, 5) is 13.3. The Labute approximate surface area is 168 Å². The van der Waals surface area contributed by atoms with Crippen molar-refractivity contribution >= 4 is 34.7 Å². The monoisotopic (exact) mass is 426 g/mol. The van der Waals surface area contributed by atoms with E-state index in [2.05, 4.69) is 15.5 Å². The fourth-order valence-corrected chi connectivity index (χ4v) is 4.04. The van der Waals surface area contributed by atoms with Crippen LogP contribution in [0, 0.1) is 6.92 Å². The average Bonchev–Trinajstić information content (AvgIpc) is 3.25. The molecule has 3 rings (SSSR count). The average molecular weight is 426 g/mol. The van der Waals surface area contributed by atoms with Crippen molar-refractivity contribution in [2.75, 3.05) is 11.1 Å². The number of carbonyl (C=O) groups is 1. The topological polar surface area (TPSA) is 59.8 Å². The molecule has 0 fully saturated rings. The summed E-state index contributed by atoms with van der Waals surface area (Å²) in [7, 11) is 0. The largest absolute Gasteiger partial charge is 0.416 e. The highest BCUT2D eigenvalue weighted by Gasteiger charge is 2.30. The van der Waals surface area contributed by atoms with Gasteiger partial charge < -0.3 is 9.88 Å². The number of rotatable bonds is 6. The van der Waals surface area contributed by atoms with E-state index in [4.69, 9.17) is 0 Å². The van der Waals surface area contributed by atoms with Gasteiger partial charge in [0.2, 0.25) is 5.91 Å². The molecular formula is C18H17F3N4OS2. The summed E-state index contributed by atoms with van der Waals surface area (Å²) in [6, 6.07) is 6.57. The lowest BCUT2D eigenvalue weighted by atomic mass is 10.2. The highest BCUT2D eigenvalue weighted by Crippen LogP contribution is 2.31. The van der Waals surface area contributed by atoms with Crippen LogP contribution in [0.5, 0.6) is 0 Å². The molecule has 1 amide bonds. The third-order valence-electron chi connectivity index (χ3n) is 3.83. The number of alkyl halides is 3. The zero-order valence-corrected chi connectivity index (χ0v) is 16.7. The van der Waals surface area contributed by atoms with Crippen LogP contribution in [0.4, 0.5) is 18.9 Å². The lowest BCUT2D eigenvalue weighted by Crippen LogP contribution is -2.15. The summed E-state index contributed by atoms with van der Waals surface area (Å²) in [5.74, 6) is 0.326. The zero-order chi connectivity index (χ0) is 20.3. The maximum absolute atomic E-state index is 12.8. The highest BCUT2D eigenvalue weighted by atomic mass is 32.2. The fourth-order valence-electron chi connectivity index (χ4n) is 2.56. The van der Waals surface area contributed by atoms with E-state index < -0.39 is 17.6 Å². The maximum atomic E-state index is 12.8.